The maximum absolute atomic E-state index is 15.1. The van der Waals surface area contributed by atoms with Crippen molar-refractivity contribution in [2.75, 3.05) is 38.2 Å². The Balaban J connectivity index is 1.30. The fourth-order valence-electron chi connectivity index (χ4n) is 13.1. The van der Waals surface area contributed by atoms with E-state index >= 15 is 9.59 Å². The second-order valence-corrected chi connectivity index (χ2v) is 31.7. The fraction of sp³-hybridized carbons (Fsp3) is 0.541. The average molecular weight is 1630 g/mol. The van der Waals surface area contributed by atoms with Crippen LogP contribution in [0.4, 0.5) is 0 Å². The molecule has 13 atom stereocenters. The lowest BCUT2D eigenvalue weighted by molar-refractivity contribution is -0.146. The maximum Gasteiger partial charge on any atom is 0.329 e. The molecule has 31 heteroatoms. The lowest BCUT2D eigenvalue weighted by atomic mass is 9.94. The van der Waals surface area contributed by atoms with Crippen molar-refractivity contribution >= 4 is 99.6 Å². The van der Waals surface area contributed by atoms with Crippen molar-refractivity contribution in [3.63, 3.8) is 0 Å². The van der Waals surface area contributed by atoms with Crippen LogP contribution in [0.5, 0.6) is 5.75 Å². The molecule has 0 saturated carbocycles. The minimum absolute atomic E-state index is 0.0399. The number of carboxylic acid groups (broad SMARTS) is 1. The van der Waals surface area contributed by atoms with E-state index in [1.54, 1.807) is 101 Å². The summed E-state index contributed by atoms with van der Waals surface area (Å²) in [6.07, 6.45) is 12.8. The second-order valence-electron chi connectivity index (χ2n) is 30.6. The number of allylic oxidation sites excluding steroid dienone is 5. The van der Waals surface area contributed by atoms with Crippen LogP contribution in [0.15, 0.2) is 120 Å². The number of para-hydroxylation sites is 1. The lowest BCUT2D eigenvalue weighted by Gasteiger charge is -2.30. The van der Waals surface area contributed by atoms with Gasteiger partial charge in [0.05, 0.1) is 26.1 Å². The predicted molar refractivity (Wildman–Crippen MR) is 446 cm³/mol. The van der Waals surface area contributed by atoms with Gasteiger partial charge in [-0.1, -0.05) is 150 Å². The van der Waals surface area contributed by atoms with E-state index in [4.69, 9.17) is 16.2 Å². The number of nitrogens with zero attached hydrogens (tertiary/aromatic N) is 1. The van der Waals surface area contributed by atoms with E-state index in [0.717, 1.165) is 30.6 Å². The number of nitrogens with one attached hydrogen (secondary N) is 11. The maximum atomic E-state index is 15.1. The lowest BCUT2D eigenvalue weighted by Crippen LogP contribution is -2.61. The summed E-state index contributed by atoms with van der Waals surface area (Å²) < 4.78 is 5.01. The third-order valence-electron chi connectivity index (χ3n) is 20.6. The number of phenols is 1. The molecule has 0 aliphatic carbocycles. The molecule has 0 unspecified atom stereocenters. The Morgan fingerprint density at radius 3 is 1.78 bits per heavy atom. The number of hydrogen-bond donors (Lipinski definition) is 15. The van der Waals surface area contributed by atoms with Crippen LogP contribution in [0.25, 0.3) is 10.9 Å². The van der Waals surface area contributed by atoms with E-state index < -0.39 is 174 Å². The van der Waals surface area contributed by atoms with Crippen LogP contribution in [0.1, 0.15) is 170 Å². The molecule has 11 amide bonds. The number of hydrogen-bond acceptors (Lipinski definition) is 18. The van der Waals surface area contributed by atoms with E-state index in [1.165, 1.54) is 54.6 Å². The molecule has 30 nitrogen and oxygen atoms in total. The molecule has 5 rings (SSSR count). The number of fused-ring (bicyclic) bond motifs is 1. The van der Waals surface area contributed by atoms with Crippen molar-refractivity contribution in [2.24, 2.45) is 29.2 Å². The van der Waals surface area contributed by atoms with Crippen LogP contribution in [-0.2, 0) is 86.3 Å². The van der Waals surface area contributed by atoms with E-state index in [9.17, 15) is 63.0 Å². The van der Waals surface area contributed by atoms with Gasteiger partial charge >= 0.3 is 11.9 Å². The zero-order valence-electron chi connectivity index (χ0n) is 69.2. The number of likely N-dealkylation sites (tertiary alicyclic amines) is 1. The van der Waals surface area contributed by atoms with Crippen molar-refractivity contribution in [1.82, 2.24) is 63.1 Å². The smallest absolute Gasteiger partial charge is 0.329 e. The molecule has 636 valence electrons. The summed E-state index contributed by atoms with van der Waals surface area (Å²) in [6.45, 7) is 19.7. The van der Waals surface area contributed by atoms with Gasteiger partial charge in [-0.25, -0.2) is 4.79 Å². The Kier molecular flexibility index (Phi) is 41.0. The standard InChI is InChI=1S/C85H124N14O16S/c1-13-54(9)73(98-83(112)74(55(10)14-2)97-76(105)62(87)43-58-35-37-60(100)38-36-58)82(111)91-64(33-20-21-40-86)77(106)89-48-70(101)96-72(51(5)6)81(110)93-65(44-57-29-16-15-17-30-57)78(107)92-66(45-59-47-88-63-32-19-18-31-61(59)63)79(108)94-67(46-71(102)103)84(113)99-41-24-34-69(99)80(109)90-56(11)75(104)95-68(85(114)115-12)49-116-42-39-53(8)28-23-27-52(7)26-22-25-50(3)4/h15-19,25,27,29-32,35-39,47,51,54-56,62,64-69,72-74,88,100H,13-14,20-24,26,28,33-34,40-46,48-49,86-87H2,1-12H3,(H,89,106)(H,90,109)(H,91,111)(H,92,107)(H,93,110)(H,94,108)(H,95,104)(H,96,101)(H,97,105)(H,98,112)(H,102,103)/b52-27-,53-39-/t54-,55-,56-,62-,64-,65-,66-,67-,68-,69-,72-,73-,74-/m0/s1. The molecule has 1 saturated heterocycles. The number of aromatic nitrogens is 1. The molecule has 3 aromatic carbocycles. The van der Waals surface area contributed by atoms with Gasteiger partial charge in [0.15, 0.2) is 0 Å². The average Bonchev–Trinajstić information content (AvgIpc) is 1.64. The van der Waals surface area contributed by atoms with Crippen molar-refractivity contribution in [1.29, 1.82) is 0 Å². The SMILES string of the molecule is CC[C@H](C)[C@H](NC(=O)[C@@H](NC(=O)[C@@H](N)Cc1ccc(O)cc1)[C@@H](C)CC)C(=O)N[C@@H](CCCCN)C(=O)NCC(=O)N[C@H](C(=O)N[C@@H](Cc1ccccc1)C(=O)N[C@@H](Cc1c[nH]c2ccccc12)C(=O)N[C@@H](CC(=O)O)C(=O)N1CCC[C@H]1C(=O)N[C@@H](C)C(=O)N[C@@H](CSC/C=C(/C)CC/C=C(/C)CCC=C(C)C)C(=O)OC)C(C)C. The molecule has 1 aromatic heterocycles. The number of aromatic hydroxyl groups is 1. The van der Waals surface area contributed by atoms with Crippen molar-refractivity contribution in [3.05, 3.63) is 137 Å². The van der Waals surface area contributed by atoms with E-state index in [-0.39, 0.29) is 63.1 Å². The van der Waals surface area contributed by atoms with Gasteiger partial charge in [0.2, 0.25) is 65.0 Å². The van der Waals surface area contributed by atoms with Crippen LogP contribution < -0.4 is 64.6 Å². The van der Waals surface area contributed by atoms with Gasteiger partial charge in [0, 0.05) is 48.0 Å². The summed E-state index contributed by atoms with van der Waals surface area (Å²) in [5.74, 6) is -11.8. The number of aliphatic carboxylic acids is 1. The molecular weight excluding hydrogens is 1510 g/mol. The number of ether oxygens (including phenoxy) is 1. The topological polar surface area (TPSA) is 463 Å². The first-order valence-electron chi connectivity index (χ1n) is 40.1. The van der Waals surface area contributed by atoms with Crippen molar-refractivity contribution in [2.45, 2.75) is 239 Å². The van der Waals surface area contributed by atoms with Crippen LogP contribution in [0.3, 0.4) is 0 Å². The van der Waals surface area contributed by atoms with Gasteiger partial charge in [-0.3, -0.25) is 57.5 Å². The fourth-order valence-corrected chi connectivity index (χ4v) is 14.1. The number of carboxylic acids is 1. The van der Waals surface area contributed by atoms with E-state index in [1.807, 2.05) is 20.8 Å². The number of nitrogens with two attached hydrogens (primary N) is 2. The summed E-state index contributed by atoms with van der Waals surface area (Å²) in [5.41, 5.74) is 18.3. The van der Waals surface area contributed by atoms with Crippen LogP contribution in [0.2, 0.25) is 0 Å². The molecule has 17 N–H and O–H groups in total. The first-order chi connectivity index (χ1) is 55.2. The second kappa shape index (κ2) is 49.5. The normalized spacial score (nSPS) is 16.0. The molecule has 1 aliphatic heterocycles. The highest BCUT2D eigenvalue weighted by Gasteiger charge is 2.42. The minimum Gasteiger partial charge on any atom is -0.508 e. The van der Waals surface area contributed by atoms with Crippen molar-refractivity contribution in [3.8, 4) is 5.75 Å². The number of H-pyrrole nitrogens is 1. The number of rotatable bonds is 49. The van der Waals surface area contributed by atoms with Gasteiger partial charge in [0.25, 0.3) is 0 Å². The molecule has 0 bridgehead atoms. The third kappa shape index (κ3) is 32.0. The Hall–Kier alpha value is -10.4. The Morgan fingerprint density at radius 2 is 1.16 bits per heavy atom. The Labute approximate surface area is 685 Å². The summed E-state index contributed by atoms with van der Waals surface area (Å²) in [5, 5.41) is 47.6. The van der Waals surface area contributed by atoms with Crippen molar-refractivity contribution < 1.29 is 77.3 Å². The number of phenolic OH excluding ortho intramolecular Hbond substituents is 1. The molecule has 1 fully saturated rings. The van der Waals surface area contributed by atoms with Gasteiger partial charge in [0.1, 0.15) is 66.2 Å². The number of methoxy groups -OCH3 is 1. The number of thioether (sulfide) groups is 1. The van der Waals surface area contributed by atoms with Crippen LogP contribution >= 0.6 is 11.8 Å². The van der Waals surface area contributed by atoms with Crippen LogP contribution in [0, 0.1) is 17.8 Å². The largest absolute Gasteiger partial charge is 0.508 e. The van der Waals surface area contributed by atoms with Crippen LogP contribution in [-0.4, -0.2) is 202 Å². The predicted octanol–water partition coefficient (Wildman–Crippen LogP) is 5.40. The quantitative estimate of drug-likeness (QED) is 0.0150. The zero-order valence-corrected chi connectivity index (χ0v) is 70.0. The summed E-state index contributed by atoms with van der Waals surface area (Å²) >= 11 is 1.41. The highest BCUT2D eigenvalue weighted by molar-refractivity contribution is 7.99. The highest BCUT2D eigenvalue weighted by Crippen LogP contribution is 2.24. The molecule has 1 aliphatic rings. The number of aromatic amines is 1. The van der Waals surface area contributed by atoms with Gasteiger partial charge in [-0.05, 0) is 158 Å². The number of carbonyl (C=O) groups excluding carboxylic acids is 12. The zero-order chi connectivity index (χ0) is 85.7. The summed E-state index contributed by atoms with van der Waals surface area (Å²) in [6, 6.07) is 7.46. The highest BCUT2D eigenvalue weighted by atomic mass is 32.2. The number of carbonyl (C=O) groups is 13. The number of unbranched alkanes of at least 4 members (excludes halogenated alkanes) is 1. The minimum atomic E-state index is -1.81. The Bertz CT molecular complexity index is 4050. The van der Waals surface area contributed by atoms with Gasteiger partial charge in [-0.15, -0.1) is 0 Å². The van der Waals surface area contributed by atoms with Gasteiger partial charge < -0.3 is 89.5 Å². The number of benzene rings is 3. The first-order valence-corrected chi connectivity index (χ1v) is 41.3. The molecule has 2 heterocycles. The van der Waals surface area contributed by atoms with Gasteiger partial charge in [-0.2, -0.15) is 11.8 Å². The first kappa shape index (κ1) is 96.2. The van der Waals surface area contributed by atoms with E-state index in [2.05, 4.69) is 97.2 Å². The molecule has 116 heavy (non-hydrogen) atoms. The third-order valence-corrected chi connectivity index (χ3v) is 21.5. The molecule has 0 radical (unpaired) electrons. The Morgan fingerprint density at radius 1 is 0.603 bits per heavy atom. The summed E-state index contributed by atoms with van der Waals surface area (Å²) in [7, 11) is 1.20. The monoisotopic (exact) mass is 1630 g/mol. The molecule has 0 spiro atoms. The summed E-state index contributed by atoms with van der Waals surface area (Å²) in [4.78, 5) is 187. The molecule has 4 aromatic rings. The molecular formula is C85H124N14O16S. The number of amides is 11. The number of esters is 1. The van der Waals surface area contributed by atoms with E-state index in [0.29, 0.717) is 59.0 Å².